The summed E-state index contributed by atoms with van der Waals surface area (Å²) in [4.78, 5) is 29.2. The first-order chi connectivity index (χ1) is 13.1. The molecule has 2 aromatic rings. The van der Waals surface area contributed by atoms with Crippen molar-refractivity contribution in [2.75, 3.05) is 39.3 Å². The van der Waals surface area contributed by atoms with Gasteiger partial charge in [0.2, 0.25) is 0 Å². The molecule has 2 aliphatic rings. The van der Waals surface area contributed by atoms with Gasteiger partial charge in [-0.3, -0.25) is 14.5 Å². The van der Waals surface area contributed by atoms with Gasteiger partial charge in [-0.25, -0.2) is 4.39 Å². The molecule has 0 bridgehead atoms. The number of carbonyl (C=O) groups is 1. The molecule has 2 saturated heterocycles. The Bertz CT molecular complexity index is 883. The normalized spacial score (nSPS) is 20.0. The number of amides is 1. The quantitative estimate of drug-likeness (QED) is 0.819. The predicted molar refractivity (Wildman–Crippen MR) is 106 cm³/mol. The molecule has 3 heterocycles. The summed E-state index contributed by atoms with van der Waals surface area (Å²) in [7, 11) is 0. The van der Waals surface area contributed by atoms with E-state index in [0.29, 0.717) is 24.8 Å². The molecule has 2 aliphatic heterocycles. The number of likely N-dealkylation sites (tertiary alicyclic amines) is 1. The van der Waals surface area contributed by atoms with Crippen molar-refractivity contribution in [3.8, 4) is 5.69 Å². The van der Waals surface area contributed by atoms with Crippen LogP contribution < -0.4 is 10.9 Å². The number of halogens is 2. The second-order valence-electron chi connectivity index (χ2n) is 6.92. The third-order valence-electron chi connectivity index (χ3n) is 5.21. The third-order valence-corrected chi connectivity index (χ3v) is 5.21. The van der Waals surface area contributed by atoms with Gasteiger partial charge in [-0.15, -0.1) is 12.4 Å². The summed E-state index contributed by atoms with van der Waals surface area (Å²) >= 11 is 0. The summed E-state index contributed by atoms with van der Waals surface area (Å²) < 4.78 is 14.3. The first-order valence-electron chi connectivity index (χ1n) is 9.22. The second kappa shape index (κ2) is 8.81. The number of hydrogen-bond donors (Lipinski definition) is 1. The summed E-state index contributed by atoms with van der Waals surface area (Å²) in [6.45, 7) is 5.32. The maximum absolute atomic E-state index is 13.1. The predicted octanol–water partition coefficient (Wildman–Crippen LogP) is 0.913. The minimum Gasteiger partial charge on any atom is -0.336 e. The zero-order valence-electron chi connectivity index (χ0n) is 15.4. The molecule has 150 valence electrons. The molecular weight excluding hydrogens is 385 g/mol. The molecule has 0 aliphatic carbocycles. The summed E-state index contributed by atoms with van der Waals surface area (Å²) in [5.41, 5.74) is 0.286. The van der Waals surface area contributed by atoms with E-state index in [1.807, 2.05) is 0 Å². The maximum atomic E-state index is 13.1. The fourth-order valence-electron chi connectivity index (χ4n) is 3.73. The van der Waals surface area contributed by atoms with E-state index in [2.05, 4.69) is 15.3 Å². The first kappa shape index (κ1) is 20.4. The molecule has 1 atom stereocenters. The molecule has 1 aromatic heterocycles. The van der Waals surface area contributed by atoms with Gasteiger partial charge in [0.25, 0.3) is 11.5 Å². The Balaban J connectivity index is 0.00000225. The van der Waals surface area contributed by atoms with Gasteiger partial charge in [-0.05, 0) is 36.8 Å². The summed E-state index contributed by atoms with van der Waals surface area (Å²) in [6, 6.07) is 8.62. The fraction of sp³-hybridized carbons (Fsp3) is 0.421. The van der Waals surface area contributed by atoms with E-state index in [1.54, 1.807) is 4.90 Å². The number of hydrogen-bond acceptors (Lipinski definition) is 5. The van der Waals surface area contributed by atoms with Gasteiger partial charge in [-0.2, -0.15) is 9.78 Å². The largest absolute Gasteiger partial charge is 0.336 e. The van der Waals surface area contributed by atoms with Gasteiger partial charge < -0.3 is 10.2 Å². The first-order valence-corrected chi connectivity index (χ1v) is 9.22. The smallest absolute Gasteiger partial charge is 0.274 e. The minimum atomic E-state index is -0.393. The summed E-state index contributed by atoms with van der Waals surface area (Å²) in [6.07, 6.45) is 0.948. The monoisotopic (exact) mass is 407 g/mol. The number of nitrogens with one attached hydrogen (secondary N) is 1. The van der Waals surface area contributed by atoms with E-state index >= 15 is 0 Å². The molecule has 1 unspecified atom stereocenters. The van der Waals surface area contributed by atoms with Crippen LogP contribution in [0.5, 0.6) is 0 Å². The average molecular weight is 408 g/mol. The third kappa shape index (κ3) is 4.24. The Morgan fingerprint density at radius 2 is 1.79 bits per heavy atom. The van der Waals surface area contributed by atoms with Gasteiger partial charge in [0.05, 0.1) is 5.69 Å². The number of aromatic nitrogens is 2. The molecule has 1 aromatic carbocycles. The summed E-state index contributed by atoms with van der Waals surface area (Å²) in [5, 5.41) is 7.56. The lowest BCUT2D eigenvalue weighted by Crippen LogP contribution is -2.49. The Morgan fingerprint density at radius 1 is 1.07 bits per heavy atom. The number of nitrogens with zero attached hydrogens (tertiary/aromatic N) is 4. The van der Waals surface area contributed by atoms with Gasteiger partial charge in [0.1, 0.15) is 11.5 Å². The van der Waals surface area contributed by atoms with Crippen LogP contribution >= 0.6 is 12.4 Å². The summed E-state index contributed by atoms with van der Waals surface area (Å²) in [5.74, 6) is -0.571. The van der Waals surface area contributed by atoms with E-state index in [9.17, 15) is 14.0 Å². The number of benzene rings is 1. The molecule has 28 heavy (non-hydrogen) atoms. The highest BCUT2D eigenvalue weighted by molar-refractivity contribution is 5.92. The molecule has 2 fully saturated rings. The highest BCUT2D eigenvalue weighted by Gasteiger charge is 2.32. The second-order valence-corrected chi connectivity index (χ2v) is 6.92. The maximum Gasteiger partial charge on any atom is 0.274 e. The molecule has 0 saturated carbocycles. The zero-order valence-corrected chi connectivity index (χ0v) is 16.2. The van der Waals surface area contributed by atoms with E-state index in [1.165, 1.54) is 36.4 Å². The van der Waals surface area contributed by atoms with Crippen molar-refractivity contribution in [2.45, 2.75) is 12.5 Å². The van der Waals surface area contributed by atoms with Gasteiger partial charge in [0, 0.05) is 51.4 Å². The SMILES string of the molecule is Cl.O=C(c1ccc(=O)n(-c2ccc(F)cc2)n1)N1CCC(N2CCNCC2)C1. The Labute approximate surface area is 168 Å². The minimum absolute atomic E-state index is 0. The molecular formula is C19H23ClFN5O2. The number of piperazine rings is 1. The van der Waals surface area contributed by atoms with Crippen molar-refractivity contribution in [2.24, 2.45) is 0 Å². The van der Waals surface area contributed by atoms with Crippen molar-refractivity contribution >= 4 is 18.3 Å². The zero-order chi connectivity index (χ0) is 18.8. The number of rotatable bonds is 3. The molecule has 0 radical (unpaired) electrons. The average Bonchev–Trinajstić information content (AvgIpc) is 3.19. The van der Waals surface area contributed by atoms with Crippen molar-refractivity contribution in [3.05, 3.63) is 58.3 Å². The lowest BCUT2D eigenvalue weighted by atomic mass is 10.2. The Hall–Kier alpha value is -2.29. The fourth-order valence-corrected chi connectivity index (χ4v) is 3.73. The van der Waals surface area contributed by atoms with Gasteiger partial charge >= 0.3 is 0 Å². The van der Waals surface area contributed by atoms with Crippen LogP contribution in [-0.2, 0) is 0 Å². The standard InChI is InChI=1S/C19H22FN5O2.ClH/c20-14-1-3-15(4-2-14)25-18(26)6-5-17(22-25)19(27)24-10-7-16(13-24)23-11-8-21-9-12-23;/h1-6,16,21H,7-13H2;1H. The lowest BCUT2D eigenvalue weighted by Gasteiger charge is -2.32. The topological polar surface area (TPSA) is 70.5 Å². The Kier molecular flexibility index (Phi) is 6.43. The van der Waals surface area contributed by atoms with Crippen LogP contribution in [0.2, 0.25) is 0 Å². The molecule has 1 N–H and O–H groups in total. The molecule has 0 spiro atoms. The van der Waals surface area contributed by atoms with Crippen LogP contribution in [0, 0.1) is 5.82 Å². The highest BCUT2D eigenvalue weighted by Crippen LogP contribution is 2.18. The van der Waals surface area contributed by atoms with Crippen molar-refractivity contribution in [1.82, 2.24) is 24.9 Å². The van der Waals surface area contributed by atoms with Crippen LogP contribution in [-0.4, -0.2) is 70.8 Å². The molecule has 9 heteroatoms. The van der Waals surface area contributed by atoms with E-state index < -0.39 is 5.82 Å². The van der Waals surface area contributed by atoms with Crippen LogP contribution in [0.25, 0.3) is 5.69 Å². The molecule has 1 amide bonds. The van der Waals surface area contributed by atoms with E-state index in [0.717, 1.165) is 37.3 Å². The molecule has 7 nitrogen and oxygen atoms in total. The van der Waals surface area contributed by atoms with E-state index in [4.69, 9.17) is 0 Å². The van der Waals surface area contributed by atoms with Crippen molar-refractivity contribution < 1.29 is 9.18 Å². The lowest BCUT2D eigenvalue weighted by molar-refractivity contribution is 0.0765. The van der Waals surface area contributed by atoms with Crippen molar-refractivity contribution in [3.63, 3.8) is 0 Å². The van der Waals surface area contributed by atoms with Crippen LogP contribution in [0.3, 0.4) is 0 Å². The number of carbonyl (C=O) groups excluding carboxylic acids is 1. The van der Waals surface area contributed by atoms with Crippen LogP contribution in [0.15, 0.2) is 41.2 Å². The van der Waals surface area contributed by atoms with Crippen LogP contribution in [0.4, 0.5) is 4.39 Å². The Morgan fingerprint density at radius 3 is 2.50 bits per heavy atom. The van der Waals surface area contributed by atoms with Gasteiger partial charge in [0.15, 0.2) is 0 Å². The van der Waals surface area contributed by atoms with Crippen LogP contribution in [0.1, 0.15) is 16.9 Å². The molecule has 4 rings (SSSR count). The van der Waals surface area contributed by atoms with Gasteiger partial charge in [-0.1, -0.05) is 0 Å². The highest BCUT2D eigenvalue weighted by atomic mass is 35.5. The van der Waals surface area contributed by atoms with Crippen molar-refractivity contribution in [1.29, 1.82) is 0 Å². The van der Waals surface area contributed by atoms with E-state index in [-0.39, 0.29) is 29.6 Å².